The van der Waals surface area contributed by atoms with E-state index in [-0.39, 0.29) is 10.7 Å². The number of hydrogen-bond acceptors (Lipinski definition) is 6. The normalized spacial score (nSPS) is 11.9. The van der Waals surface area contributed by atoms with Gasteiger partial charge < -0.3 is 9.73 Å². The summed E-state index contributed by atoms with van der Waals surface area (Å²) in [6.07, 6.45) is 5.89. The van der Waals surface area contributed by atoms with Crippen molar-refractivity contribution in [2.24, 2.45) is 0 Å². The lowest BCUT2D eigenvalue weighted by molar-refractivity contribution is 0.522. The van der Waals surface area contributed by atoms with Crippen LogP contribution in [0.25, 0.3) is 0 Å². The average molecular weight is 303 g/mol. The summed E-state index contributed by atoms with van der Waals surface area (Å²) in [6.45, 7) is 0.384. The lowest BCUT2D eigenvalue weighted by atomic mass is 10.3. The van der Waals surface area contributed by atoms with E-state index in [2.05, 4.69) is 10.3 Å². The van der Waals surface area contributed by atoms with Gasteiger partial charge >= 0.3 is 0 Å². The Hall–Kier alpha value is -2.59. The van der Waals surface area contributed by atoms with Gasteiger partial charge in [0.25, 0.3) is 0 Å². The average Bonchev–Trinajstić information content (AvgIpc) is 2.96. The first-order valence-corrected chi connectivity index (χ1v) is 7.75. The molecule has 0 aromatic carbocycles. The standard InChI is InChI=1S/C14H13N3O3S/c15-7-14(10-17-9-12-3-1-5-16-8-12)21(18,19)11-13-4-2-6-20-13/h1-6,8,10,17H,9,11H2. The molecule has 2 aromatic heterocycles. The molecule has 0 radical (unpaired) electrons. The van der Waals surface area contributed by atoms with Gasteiger partial charge in [-0.1, -0.05) is 6.07 Å². The molecule has 0 fully saturated rings. The largest absolute Gasteiger partial charge is 0.468 e. The highest BCUT2D eigenvalue weighted by atomic mass is 32.2. The highest BCUT2D eigenvalue weighted by Crippen LogP contribution is 2.13. The maximum absolute atomic E-state index is 12.1. The molecule has 0 aliphatic heterocycles. The van der Waals surface area contributed by atoms with Gasteiger partial charge in [0, 0.05) is 25.1 Å². The number of rotatable bonds is 6. The maximum atomic E-state index is 12.1. The van der Waals surface area contributed by atoms with E-state index in [0.717, 1.165) is 5.56 Å². The van der Waals surface area contributed by atoms with Gasteiger partial charge in [-0.25, -0.2) is 8.42 Å². The Morgan fingerprint density at radius 1 is 1.43 bits per heavy atom. The van der Waals surface area contributed by atoms with Crippen molar-refractivity contribution in [2.75, 3.05) is 0 Å². The molecule has 1 N–H and O–H groups in total. The number of nitrogens with one attached hydrogen (secondary N) is 1. The Kier molecular flexibility index (Phi) is 4.74. The smallest absolute Gasteiger partial charge is 0.197 e. The predicted molar refractivity (Wildman–Crippen MR) is 76.1 cm³/mol. The van der Waals surface area contributed by atoms with Crippen molar-refractivity contribution in [2.45, 2.75) is 12.3 Å². The molecule has 7 heteroatoms. The molecule has 108 valence electrons. The molecule has 21 heavy (non-hydrogen) atoms. The Morgan fingerprint density at radius 2 is 2.29 bits per heavy atom. The molecule has 6 nitrogen and oxygen atoms in total. The van der Waals surface area contributed by atoms with Crippen LogP contribution < -0.4 is 5.32 Å². The highest BCUT2D eigenvalue weighted by Gasteiger charge is 2.19. The minimum absolute atomic E-state index is 0.295. The first-order valence-electron chi connectivity index (χ1n) is 6.09. The number of allylic oxidation sites excluding steroid dienone is 1. The van der Waals surface area contributed by atoms with E-state index < -0.39 is 9.84 Å². The van der Waals surface area contributed by atoms with Crippen molar-refractivity contribution < 1.29 is 12.8 Å². The SMILES string of the molecule is N#CC(=CNCc1cccnc1)S(=O)(=O)Cc1ccco1. The van der Waals surface area contributed by atoms with Crippen LogP contribution in [-0.4, -0.2) is 13.4 Å². The molecule has 0 saturated heterocycles. The van der Waals surface area contributed by atoms with Crippen LogP contribution in [0.1, 0.15) is 11.3 Å². The number of nitrogens with zero attached hydrogens (tertiary/aromatic N) is 2. The van der Waals surface area contributed by atoms with Crippen molar-refractivity contribution in [3.63, 3.8) is 0 Å². The molecule has 0 aliphatic carbocycles. The van der Waals surface area contributed by atoms with E-state index in [0.29, 0.717) is 12.3 Å². The zero-order valence-corrected chi connectivity index (χ0v) is 11.9. The summed E-state index contributed by atoms with van der Waals surface area (Å²) in [5.74, 6) is -0.0445. The lowest BCUT2D eigenvalue weighted by Gasteiger charge is -2.03. The molecule has 0 unspecified atom stereocenters. The molecule has 0 bridgehead atoms. The fraction of sp³-hybridized carbons (Fsp3) is 0.143. The van der Waals surface area contributed by atoms with E-state index in [1.165, 1.54) is 12.5 Å². The van der Waals surface area contributed by atoms with Gasteiger partial charge in [-0.05, 0) is 23.8 Å². The summed E-state index contributed by atoms with van der Waals surface area (Å²) < 4.78 is 29.1. The number of sulfone groups is 1. The fourth-order valence-electron chi connectivity index (χ4n) is 1.62. The summed E-state index contributed by atoms with van der Waals surface area (Å²) >= 11 is 0. The van der Waals surface area contributed by atoms with Crippen LogP contribution in [0.15, 0.2) is 58.4 Å². The van der Waals surface area contributed by atoms with E-state index in [9.17, 15) is 8.42 Å². The molecule has 0 aliphatic rings. The van der Waals surface area contributed by atoms with Gasteiger partial charge in [0.1, 0.15) is 17.6 Å². The van der Waals surface area contributed by atoms with Gasteiger partial charge in [0.2, 0.25) is 0 Å². The zero-order chi connectivity index (χ0) is 15.1. The first-order chi connectivity index (χ1) is 10.1. The van der Waals surface area contributed by atoms with Gasteiger partial charge in [-0.2, -0.15) is 5.26 Å². The molecule has 2 rings (SSSR count). The minimum Gasteiger partial charge on any atom is -0.468 e. The zero-order valence-electron chi connectivity index (χ0n) is 11.1. The second-order valence-electron chi connectivity index (χ2n) is 4.20. The van der Waals surface area contributed by atoms with Gasteiger partial charge in [0.05, 0.1) is 6.26 Å². The predicted octanol–water partition coefficient (Wildman–Crippen LogP) is 1.74. The number of hydrogen-bond donors (Lipinski definition) is 1. The minimum atomic E-state index is -3.72. The monoisotopic (exact) mass is 303 g/mol. The molecule has 2 aromatic rings. The lowest BCUT2D eigenvalue weighted by Crippen LogP contribution is -2.12. The molecule has 0 amide bonds. The van der Waals surface area contributed by atoms with Crippen LogP contribution in [0, 0.1) is 11.3 Å². The summed E-state index contributed by atoms with van der Waals surface area (Å²) in [6, 6.07) is 8.47. The van der Waals surface area contributed by atoms with Gasteiger partial charge in [-0.15, -0.1) is 0 Å². The number of pyridine rings is 1. The van der Waals surface area contributed by atoms with E-state index >= 15 is 0 Å². The summed E-state index contributed by atoms with van der Waals surface area (Å²) in [7, 11) is -3.72. The van der Waals surface area contributed by atoms with Crippen molar-refractivity contribution in [1.29, 1.82) is 5.26 Å². The summed E-state index contributed by atoms with van der Waals surface area (Å²) in [4.78, 5) is 3.61. The summed E-state index contributed by atoms with van der Waals surface area (Å²) in [5.41, 5.74) is 0.884. The van der Waals surface area contributed by atoms with Crippen LogP contribution in [0.2, 0.25) is 0 Å². The molecular weight excluding hydrogens is 290 g/mol. The topological polar surface area (TPSA) is 96.0 Å². The Morgan fingerprint density at radius 3 is 2.90 bits per heavy atom. The molecule has 0 saturated carbocycles. The Bertz CT molecular complexity index is 745. The molecule has 0 spiro atoms. The Labute approximate surface area is 122 Å². The Balaban J connectivity index is 2.04. The van der Waals surface area contributed by atoms with Crippen LogP contribution in [0.5, 0.6) is 0 Å². The number of nitriles is 1. The fourth-order valence-corrected chi connectivity index (χ4v) is 2.71. The summed E-state index contributed by atoms with van der Waals surface area (Å²) in [5, 5.41) is 11.8. The molecule has 2 heterocycles. The van der Waals surface area contributed by atoms with Crippen molar-refractivity contribution in [3.8, 4) is 6.07 Å². The van der Waals surface area contributed by atoms with Crippen LogP contribution in [0.3, 0.4) is 0 Å². The van der Waals surface area contributed by atoms with E-state index in [1.807, 2.05) is 6.07 Å². The van der Waals surface area contributed by atoms with Gasteiger partial charge in [0.15, 0.2) is 14.7 Å². The molecule has 0 atom stereocenters. The van der Waals surface area contributed by atoms with Crippen molar-refractivity contribution in [3.05, 3.63) is 65.4 Å². The van der Waals surface area contributed by atoms with Gasteiger partial charge in [-0.3, -0.25) is 4.98 Å². The van der Waals surface area contributed by atoms with Crippen LogP contribution in [0.4, 0.5) is 0 Å². The number of furan rings is 1. The first kappa shape index (κ1) is 14.8. The maximum Gasteiger partial charge on any atom is 0.197 e. The third kappa shape index (κ3) is 4.19. The highest BCUT2D eigenvalue weighted by molar-refractivity contribution is 7.94. The van der Waals surface area contributed by atoms with Crippen LogP contribution >= 0.6 is 0 Å². The second-order valence-corrected chi connectivity index (χ2v) is 6.16. The third-order valence-corrected chi connectivity index (χ3v) is 4.16. The molecular formula is C14H13N3O3S. The number of aromatic nitrogens is 1. The van der Waals surface area contributed by atoms with Crippen molar-refractivity contribution >= 4 is 9.84 Å². The third-order valence-electron chi connectivity index (χ3n) is 2.62. The van der Waals surface area contributed by atoms with E-state index in [4.69, 9.17) is 9.68 Å². The second kappa shape index (κ2) is 6.72. The van der Waals surface area contributed by atoms with E-state index in [1.54, 1.807) is 36.7 Å². The van der Waals surface area contributed by atoms with Crippen LogP contribution in [-0.2, 0) is 22.1 Å². The van der Waals surface area contributed by atoms with Crippen molar-refractivity contribution in [1.82, 2.24) is 10.3 Å². The quantitative estimate of drug-likeness (QED) is 0.817.